The van der Waals surface area contributed by atoms with Gasteiger partial charge in [0.25, 0.3) is 5.91 Å². The number of benzene rings is 1. The number of aliphatic hydroxyl groups is 1. The Morgan fingerprint density at radius 2 is 2.04 bits per heavy atom. The normalized spacial score (nSPS) is 25.5. The van der Waals surface area contributed by atoms with E-state index in [9.17, 15) is 14.3 Å². The number of aromatic nitrogens is 4. The van der Waals surface area contributed by atoms with Crippen molar-refractivity contribution in [3.05, 3.63) is 48.5 Å². The number of ether oxygens (including phenoxy) is 1. The molecule has 1 fully saturated rings. The van der Waals surface area contributed by atoms with Gasteiger partial charge in [0.15, 0.2) is 29.4 Å². The predicted molar refractivity (Wildman–Crippen MR) is 90.2 cm³/mol. The van der Waals surface area contributed by atoms with Gasteiger partial charge in [0.2, 0.25) is 0 Å². The van der Waals surface area contributed by atoms with Crippen LogP contribution in [0.3, 0.4) is 0 Å². The molecule has 26 heavy (non-hydrogen) atoms. The summed E-state index contributed by atoms with van der Waals surface area (Å²) in [6, 6.07) is 8.67. The van der Waals surface area contributed by atoms with Crippen molar-refractivity contribution in [3.63, 3.8) is 0 Å². The summed E-state index contributed by atoms with van der Waals surface area (Å²) in [7, 11) is 0. The van der Waals surface area contributed by atoms with Crippen LogP contribution < -0.4 is 5.32 Å². The molecule has 0 saturated carbocycles. The summed E-state index contributed by atoms with van der Waals surface area (Å²) < 4.78 is 21.2. The number of rotatable bonds is 3. The van der Waals surface area contributed by atoms with Gasteiger partial charge < -0.3 is 15.2 Å². The van der Waals surface area contributed by atoms with Crippen molar-refractivity contribution >= 4 is 22.9 Å². The van der Waals surface area contributed by atoms with E-state index in [1.54, 1.807) is 31.2 Å². The highest BCUT2D eigenvalue weighted by molar-refractivity contribution is 6.06. The highest BCUT2D eigenvalue weighted by Crippen LogP contribution is 2.33. The van der Waals surface area contributed by atoms with E-state index in [2.05, 4.69) is 20.3 Å². The van der Waals surface area contributed by atoms with Crippen LogP contribution in [-0.2, 0) is 4.74 Å². The van der Waals surface area contributed by atoms with Crippen LogP contribution in [0, 0.1) is 0 Å². The number of alkyl halides is 1. The summed E-state index contributed by atoms with van der Waals surface area (Å²) in [5, 5.41) is 12.5. The molecule has 4 rings (SSSR count). The Kier molecular flexibility index (Phi) is 4.09. The largest absolute Gasteiger partial charge is 0.387 e. The first-order chi connectivity index (χ1) is 12.6. The van der Waals surface area contributed by atoms with Crippen LogP contribution in [0.15, 0.2) is 43.0 Å². The number of aliphatic hydroxyl groups excluding tert-OH is 1. The molecule has 3 aromatic rings. The molecule has 9 heteroatoms. The average Bonchev–Trinajstić information content (AvgIpc) is 3.20. The number of hydrogen-bond donors (Lipinski definition) is 2. The SMILES string of the molecule is C[C@H]1O[C@@H](n2cnc3c(NC(=O)c4ccccc4)ncnc32)[C@@H](F)[C@@H]1O. The zero-order valence-corrected chi connectivity index (χ0v) is 13.8. The van der Waals surface area contributed by atoms with Crippen LogP contribution in [0.5, 0.6) is 0 Å². The number of nitrogens with zero attached hydrogens (tertiary/aromatic N) is 4. The fourth-order valence-corrected chi connectivity index (χ4v) is 2.92. The van der Waals surface area contributed by atoms with E-state index in [-0.39, 0.29) is 11.7 Å². The van der Waals surface area contributed by atoms with Gasteiger partial charge in [-0.15, -0.1) is 0 Å². The van der Waals surface area contributed by atoms with Crippen molar-refractivity contribution in [2.24, 2.45) is 0 Å². The smallest absolute Gasteiger partial charge is 0.256 e. The van der Waals surface area contributed by atoms with Crippen molar-refractivity contribution in [1.29, 1.82) is 0 Å². The number of halogens is 1. The monoisotopic (exact) mass is 357 g/mol. The Morgan fingerprint density at radius 1 is 1.27 bits per heavy atom. The van der Waals surface area contributed by atoms with Gasteiger partial charge in [-0.05, 0) is 19.1 Å². The molecule has 4 atom stereocenters. The lowest BCUT2D eigenvalue weighted by molar-refractivity contribution is -0.0137. The zero-order valence-electron chi connectivity index (χ0n) is 13.8. The molecule has 0 bridgehead atoms. The van der Waals surface area contributed by atoms with Gasteiger partial charge in [-0.2, -0.15) is 0 Å². The predicted octanol–water partition coefficient (Wildman–Crippen LogP) is 1.69. The quantitative estimate of drug-likeness (QED) is 0.740. The molecular formula is C17H16FN5O3. The number of fused-ring (bicyclic) bond motifs is 1. The molecule has 0 aliphatic carbocycles. The van der Waals surface area contributed by atoms with Crippen LogP contribution in [0.2, 0.25) is 0 Å². The van der Waals surface area contributed by atoms with E-state index in [0.29, 0.717) is 16.7 Å². The first kappa shape index (κ1) is 16.6. The first-order valence-corrected chi connectivity index (χ1v) is 8.08. The summed E-state index contributed by atoms with van der Waals surface area (Å²) in [5.41, 5.74) is 1.08. The summed E-state index contributed by atoms with van der Waals surface area (Å²) in [4.78, 5) is 24.7. The maximum atomic E-state index is 14.3. The van der Waals surface area contributed by atoms with E-state index >= 15 is 0 Å². The van der Waals surface area contributed by atoms with E-state index in [1.165, 1.54) is 17.2 Å². The van der Waals surface area contributed by atoms with Crippen molar-refractivity contribution < 1.29 is 19.0 Å². The third kappa shape index (κ3) is 2.71. The van der Waals surface area contributed by atoms with Crippen molar-refractivity contribution in [3.8, 4) is 0 Å². The summed E-state index contributed by atoms with van der Waals surface area (Å²) in [5.74, 6) is -0.130. The summed E-state index contributed by atoms with van der Waals surface area (Å²) >= 11 is 0. The van der Waals surface area contributed by atoms with Crippen LogP contribution in [0.25, 0.3) is 11.2 Å². The molecule has 0 unspecified atom stereocenters. The van der Waals surface area contributed by atoms with Crippen LogP contribution in [0.4, 0.5) is 10.2 Å². The van der Waals surface area contributed by atoms with Gasteiger partial charge in [0, 0.05) is 5.56 Å². The van der Waals surface area contributed by atoms with Gasteiger partial charge in [0.05, 0.1) is 12.4 Å². The molecule has 134 valence electrons. The molecular weight excluding hydrogens is 341 g/mol. The number of anilines is 1. The summed E-state index contributed by atoms with van der Waals surface area (Å²) in [6.07, 6.45) is -1.91. The number of carbonyl (C=O) groups excluding carboxylic acids is 1. The van der Waals surface area contributed by atoms with Crippen molar-refractivity contribution in [2.75, 3.05) is 5.32 Å². The minimum atomic E-state index is -1.61. The third-order valence-electron chi connectivity index (χ3n) is 4.33. The number of amides is 1. The molecule has 1 aliphatic rings. The van der Waals surface area contributed by atoms with Crippen LogP contribution >= 0.6 is 0 Å². The minimum absolute atomic E-state index is 0.213. The Bertz CT molecular complexity index is 948. The topological polar surface area (TPSA) is 102 Å². The molecule has 8 nitrogen and oxygen atoms in total. The lowest BCUT2D eigenvalue weighted by atomic mass is 10.2. The molecule has 2 N–H and O–H groups in total. The standard InChI is InChI=1S/C17H16FN5O3/c1-9-13(24)11(18)17(26-9)23-8-21-12-14(19-7-20-15(12)23)22-16(25)10-5-3-2-4-6-10/h2-9,11,13,17,24H,1H3,(H,19,20,22,25)/t9-,11+,13-,17-/m1/s1. The van der Waals surface area contributed by atoms with Gasteiger partial charge >= 0.3 is 0 Å². The Balaban J connectivity index is 1.67. The minimum Gasteiger partial charge on any atom is -0.387 e. The number of carbonyl (C=O) groups is 1. The molecule has 1 saturated heterocycles. The Hall–Kier alpha value is -2.91. The number of hydrogen-bond acceptors (Lipinski definition) is 6. The highest BCUT2D eigenvalue weighted by Gasteiger charge is 2.43. The maximum absolute atomic E-state index is 14.3. The molecule has 1 aromatic carbocycles. The van der Waals surface area contributed by atoms with E-state index in [0.717, 1.165) is 0 Å². The molecule has 0 radical (unpaired) electrons. The second kappa shape index (κ2) is 6.43. The molecule has 0 spiro atoms. The Morgan fingerprint density at radius 3 is 2.73 bits per heavy atom. The molecule has 2 aromatic heterocycles. The lowest BCUT2D eigenvalue weighted by Crippen LogP contribution is -2.26. The van der Waals surface area contributed by atoms with E-state index in [1.807, 2.05) is 6.07 Å². The molecule has 3 heterocycles. The second-order valence-electron chi connectivity index (χ2n) is 6.03. The van der Waals surface area contributed by atoms with Crippen molar-refractivity contribution in [1.82, 2.24) is 19.5 Å². The highest BCUT2D eigenvalue weighted by atomic mass is 19.1. The first-order valence-electron chi connectivity index (χ1n) is 8.08. The fraction of sp³-hybridized carbons (Fsp3) is 0.294. The number of imidazole rings is 1. The van der Waals surface area contributed by atoms with Crippen molar-refractivity contribution in [2.45, 2.75) is 31.5 Å². The third-order valence-corrected chi connectivity index (χ3v) is 4.33. The van der Waals surface area contributed by atoms with E-state index in [4.69, 9.17) is 4.74 Å². The molecule has 1 amide bonds. The second-order valence-corrected chi connectivity index (χ2v) is 6.03. The van der Waals surface area contributed by atoms with Gasteiger partial charge in [-0.3, -0.25) is 9.36 Å². The number of nitrogens with one attached hydrogen (secondary N) is 1. The van der Waals surface area contributed by atoms with Crippen LogP contribution in [0.1, 0.15) is 23.5 Å². The Labute approximate surface area is 147 Å². The average molecular weight is 357 g/mol. The van der Waals surface area contributed by atoms with Gasteiger partial charge in [0.1, 0.15) is 12.4 Å². The maximum Gasteiger partial charge on any atom is 0.256 e. The van der Waals surface area contributed by atoms with Gasteiger partial charge in [-0.1, -0.05) is 18.2 Å². The summed E-state index contributed by atoms with van der Waals surface area (Å²) in [6.45, 7) is 1.59. The fourth-order valence-electron chi connectivity index (χ4n) is 2.92. The zero-order chi connectivity index (χ0) is 18.3. The van der Waals surface area contributed by atoms with E-state index < -0.39 is 24.6 Å². The van der Waals surface area contributed by atoms with Crippen LogP contribution in [-0.4, -0.2) is 48.9 Å². The lowest BCUT2D eigenvalue weighted by Gasteiger charge is -2.14. The van der Waals surface area contributed by atoms with Gasteiger partial charge in [-0.25, -0.2) is 19.3 Å². The molecule has 1 aliphatic heterocycles.